The molecule has 124 valence electrons. The summed E-state index contributed by atoms with van der Waals surface area (Å²) in [5, 5.41) is 6.57. The number of rotatable bonds is 6. The zero-order chi connectivity index (χ0) is 15.9. The Hall–Kier alpha value is -0.230. The van der Waals surface area contributed by atoms with E-state index in [0.717, 1.165) is 19.0 Å². The van der Waals surface area contributed by atoms with Gasteiger partial charge in [0.05, 0.1) is 6.54 Å². The largest absolute Gasteiger partial charge is 0.357 e. The summed E-state index contributed by atoms with van der Waals surface area (Å²) in [6, 6.07) is 0. The van der Waals surface area contributed by atoms with Crippen LogP contribution >= 0.6 is 11.8 Å². The topological polar surface area (TPSA) is 53.5 Å². The number of nitrogens with one attached hydrogen (secondary N) is 2. The molecule has 0 radical (unpaired) electrons. The van der Waals surface area contributed by atoms with Crippen LogP contribution in [0.1, 0.15) is 47.5 Å². The highest BCUT2D eigenvalue weighted by Crippen LogP contribution is 2.37. The van der Waals surface area contributed by atoms with Crippen LogP contribution in [0.15, 0.2) is 4.99 Å². The zero-order valence-corrected chi connectivity index (χ0v) is 15.8. The fourth-order valence-corrected chi connectivity index (χ4v) is 4.24. The van der Waals surface area contributed by atoms with Crippen LogP contribution < -0.4 is 10.6 Å². The second-order valence-corrected chi connectivity index (χ2v) is 10.7. The first-order chi connectivity index (χ1) is 9.77. The average molecular weight is 334 g/mol. The lowest BCUT2D eigenvalue weighted by Crippen LogP contribution is -2.41. The van der Waals surface area contributed by atoms with E-state index < -0.39 is 10.8 Å². The van der Waals surface area contributed by atoms with Gasteiger partial charge in [-0.2, -0.15) is 11.8 Å². The molecule has 0 bridgehead atoms. The maximum absolute atomic E-state index is 12.0. The third-order valence-corrected chi connectivity index (χ3v) is 6.94. The summed E-state index contributed by atoms with van der Waals surface area (Å²) in [5.74, 6) is 2.75. The highest BCUT2D eigenvalue weighted by molar-refractivity contribution is 8.00. The minimum Gasteiger partial charge on any atom is -0.357 e. The molecule has 1 fully saturated rings. The van der Waals surface area contributed by atoms with Crippen molar-refractivity contribution in [2.75, 3.05) is 31.1 Å². The summed E-state index contributed by atoms with van der Waals surface area (Å²) in [6.07, 6.45) is 2.54. The van der Waals surface area contributed by atoms with Gasteiger partial charge in [-0.1, -0.05) is 0 Å². The van der Waals surface area contributed by atoms with E-state index >= 15 is 0 Å². The molecule has 2 unspecified atom stereocenters. The summed E-state index contributed by atoms with van der Waals surface area (Å²) in [4.78, 5) is 4.70. The number of hydrogen-bond donors (Lipinski definition) is 2. The van der Waals surface area contributed by atoms with Crippen LogP contribution in [0.25, 0.3) is 0 Å². The molecule has 0 spiro atoms. The zero-order valence-electron chi connectivity index (χ0n) is 14.1. The van der Waals surface area contributed by atoms with E-state index in [0.29, 0.717) is 12.3 Å². The molecule has 0 aromatic carbocycles. The molecule has 0 amide bonds. The lowest BCUT2D eigenvalue weighted by atomic mass is 10.1. The molecule has 21 heavy (non-hydrogen) atoms. The SMILES string of the molecule is CCNC(=NCC1(C)CCCS1)NCCS(=O)C(C)(C)C. The molecule has 0 aliphatic carbocycles. The Balaban J connectivity index is 2.44. The first-order valence-corrected chi connectivity index (χ1v) is 10.1. The molecule has 2 N–H and O–H groups in total. The molecule has 2 atom stereocenters. The van der Waals surface area contributed by atoms with E-state index in [2.05, 4.69) is 24.5 Å². The maximum Gasteiger partial charge on any atom is 0.191 e. The van der Waals surface area contributed by atoms with E-state index in [1.54, 1.807) is 0 Å². The van der Waals surface area contributed by atoms with Crippen molar-refractivity contribution < 1.29 is 4.21 Å². The van der Waals surface area contributed by atoms with Gasteiger partial charge in [0.1, 0.15) is 0 Å². The van der Waals surface area contributed by atoms with Crippen molar-refractivity contribution in [3.8, 4) is 0 Å². The standard InChI is InChI=1S/C15H31N3OS2/c1-6-16-13(17-9-11-21(19)14(2,3)4)18-12-15(5)8-7-10-20-15/h6-12H2,1-5H3,(H2,16,17,18). The molecular formula is C15H31N3OS2. The molecular weight excluding hydrogens is 302 g/mol. The van der Waals surface area contributed by atoms with E-state index in [-0.39, 0.29) is 9.49 Å². The summed E-state index contributed by atoms with van der Waals surface area (Å²) in [7, 11) is -0.821. The summed E-state index contributed by atoms with van der Waals surface area (Å²) < 4.78 is 12.2. The van der Waals surface area contributed by atoms with Crippen molar-refractivity contribution in [1.82, 2.24) is 10.6 Å². The van der Waals surface area contributed by atoms with Crippen LogP contribution in [-0.4, -0.2) is 50.8 Å². The van der Waals surface area contributed by atoms with Gasteiger partial charge in [-0.3, -0.25) is 9.20 Å². The summed E-state index contributed by atoms with van der Waals surface area (Å²) >= 11 is 2.03. The predicted molar refractivity (Wildman–Crippen MR) is 96.8 cm³/mol. The van der Waals surface area contributed by atoms with Gasteiger partial charge in [-0.25, -0.2) is 0 Å². The fourth-order valence-electron chi connectivity index (χ4n) is 2.12. The van der Waals surface area contributed by atoms with Crippen LogP contribution in [0.3, 0.4) is 0 Å². The molecule has 1 heterocycles. The van der Waals surface area contributed by atoms with E-state index in [9.17, 15) is 4.21 Å². The van der Waals surface area contributed by atoms with Crippen LogP contribution in [0.2, 0.25) is 0 Å². The number of hydrogen-bond acceptors (Lipinski definition) is 3. The Labute approximate surface area is 136 Å². The Kier molecular flexibility index (Phi) is 7.54. The van der Waals surface area contributed by atoms with Crippen molar-refractivity contribution >= 4 is 28.5 Å². The van der Waals surface area contributed by atoms with Crippen molar-refractivity contribution in [2.24, 2.45) is 4.99 Å². The minimum atomic E-state index is -0.821. The second-order valence-electron chi connectivity index (χ2n) is 6.69. The highest BCUT2D eigenvalue weighted by Gasteiger charge is 2.29. The first-order valence-electron chi connectivity index (χ1n) is 7.81. The van der Waals surface area contributed by atoms with Crippen molar-refractivity contribution in [3.63, 3.8) is 0 Å². The quantitative estimate of drug-likeness (QED) is 0.579. The number of guanidine groups is 1. The summed E-state index contributed by atoms with van der Waals surface area (Å²) in [6.45, 7) is 12.8. The molecule has 0 saturated carbocycles. The molecule has 1 saturated heterocycles. The lowest BCUT2D eigenvalue weighted by Gasteiger charge is -2.21. The van der Waals surface area contributed by atoms with Crippen LogP contribution in [0.4, 0.5) is 0 Å². The van der Waals surface area contributed by atoms with Crippen LogP contribution in [0.5, 0.6) is 0 Å². The molecule has 1 aliphatic heterocycles. The Morgan fingerprint density at radius 2 is 2.10 bits per heavy atom. The van der Waals surface area contributed by atoms with E-state index in [1.807, 2.05) is 32.5 Å². The van der Waals surface area contributed by atoms with Gasteiger partial charge in [0.2, 0.25) is 0 Å². The maximum atomic E-state index is 12.0. The van der Waals surface area contributed by atoms with Crippen molar-refractivity contribution in [3.05, 3.63) is 0 Å². The molecule has 1 rings (SSSR count). The monoisotopic (exact) mass is 333 g/mol. The minimum absolute atomic E-state index is 0.148. The van der Waals surface area contributed by atoms with E-state index in [1.165, 1.54) is 18.6 Å². The van der Waals surface area contributed by atoms with Crippen LogP contribution in [-0.2, 0) is 10.8 Å². The fraction of sp³-hybridized carbons (Fsp3) is 0.933. The molecule has 1 aliphatic rings. The number of thioether (sulfide) groups is 1. The van der Waals surface area contributed by atoms with Gasteiger partial charge in [-0.15, -0.1) is 0 Å². The third kappa shape index (κ3) is 7.04. The number of aliphatic imine (C=N–C) groups is 1. The molecule has 0 aromatic rings. The van der Waals surface area contributed by atoms with Gasteiger partial charge in [0.25, 0.3) is 0 Å². The first kappa shape index (κ1) is 18.8. The number of nitrogens with zero attached hydrogens (tertiary/aromatic N) is 1. The Bertz CT molecular complexity index is 372. The van der Waals surface area contributed by atoms with Gasteiger partial charge >= 0.3 is 0 Å². The van der Waals surface area contributed by atoms with E-state index in [4.69, 9.17) is 4.99 Å². The Morgan fingerprint density at radius 1 is 1.38 bits per heavy atom. The predicted octanol–water partition coefficient (Wildman–Crippen LogP) is 2.37. The second kappa shape index (κ2) is 8.42. The van der Waals surface area contributed by atoms with Gasteiger partial charge in [0, 0.05) is 39.1 Å². The lowest BCUT2D eigenvalue weighted by molar-refractivity contribution is 0.614. The van der Waals surface area contributed by atoms with Gasteiger partial charge in [0.15, 0.2) is 5.96 Å². The third-order valence-electron chi connectivity index (χ3n) is 3.48. The van der Waals surface area contributed by atoms with Crippen molar-refractivity contribution in [1.29, 1.82) is 0 Å². The highest BCUT2D eigenvalue weighted by atomic mass is 32.2. The Morgan fingerprint density at radius 3 is 2.62 bits per heavy atom. The van der Waals surface area contributed by atoms with Crippen LogP contribution in [0, 0.1) is 0 Å². The average Bonchev–Trinajstić information content (AvgIpc) is 2.82. The van der Waals surface area contributed by atoms with Gasteiger partial charge < -0.3 is 10.6 Å². The summed E-state index contributed by atoms with van der Waals surface area (Å²) in [5.41, 5.74) is 0. The smallest absolute Gasteiger partial charge is 0.191 e. The molecule has 0 aromatic heterocycles. The molecule has 6 heteroatoms. The van der Waals surface area contributed by atoms with Crippen molar-refractivity contribution in [2.45, 2.75) is 57.0 Å². The van der Waals surface area contributed by atoms with Gasteiger partial charge in [-0.05, 0) is 53.2 Å². The molecule has 4 nitrogen and oxygen atoms in total. The normalized spacial score (nSPS) is 24.9.